The van der Waals surface area contributed by atoms with E-state index in [1.807, 2.05) is 0 Å². The summed E-state index contributed by atoms with van der Waals surface area (Å²) in [6.45, 7) is 2.53. The zero-order valence-electron chi connectivity index (χ0n) is 4.94. The first-order chi connectivity index (χ1) is 3.91. The summed E-state index contributed by atoms with van der Waals surface area (Å²) >= 11 is 2.15. The molecule has 1 unspecified atom stereocenters. The van der Waals surface area contributed by atoms with E-state index in [1.165, 1.54) is 31.7 Å². The minimum atomic E-state index is 0.722. The smallest absolute Gasteiger partial charge is 0.0304 e. The van der Waals surface area contributed by atoms with Crippen molar-refractivity contribution in [2.45, 2.75) is 17.6 Å². The van der Waals surface area contributed by atoms with E-state index in [0.717, 1.165) is 4.75 Å². The third-order valence-electron chi connectivity index (χ3n) is 2.17. The van der Waals surface area contributed by atoms with E-state index in [4.69, 9.17) is 0 Å². The molecule has 2 rings (SSSR count). The second-order valence-corrected chi connectivity index (χ2v) is 4.27. The van der Waals surface area contributed by atoms with Crippen molar-refractivity contribution < 1.29 is 0 Å². The van der Waals surface area contributed by atoms with Gasteiger partial charge in [-0.3, -0.25) is 0 Å². The lowest BCUT2D eigenvalue weighted by atomic mass is 10.0. The number of hydrogen-bond acceptors (Lipinski definition) is 2. The number of hydrogen-bond donors (Lipinski definition) is 1. The Labute approximate surface area is 54.2 Å². The van der Waals surface area contributed by atoms with Crippen molar-refractivity contribution in [1.82, 2.24) is 5.32 Å². The third kappa shape index (κ3) is 0.594. The van der Waals surface area contributed by atoms with Crippen LogP contribution in [0.3, 0.4) is 0 Å². The Balaban J connectivity index is 2.01. The van der Waals surface area contributed by atoms with Gasteiger partial charge in [-0.1, -0.05) is 0 Å². The van der Waals surface area contributed by atoms with Crippen molar-refractivity contribution in [3.05, 3.63) is 0 Å². The molecule has 0 amide bonds. The zero-order chi connectivity index (χ0) is 5.45. The van der Waals surface area contributed by atoms with Crippen LogP contribution in [0.25, 0.3) is 0 Å². The molecule has 2 heterocycles. The van der Waals surface area contributed by atoms with Gasteiger partial charge in [-0.2, -0.15) is 11.8 Å². The minimum absolute atomic E-state index is 0.722. The summed E-state index contributed by atoms with van der Waals surface area (Å²) in [6.07, 6.45) is 2.88. The van der Waals surface area contributed by atoms with Crippen LogP contribution in [-0.2, 0) is 0 Å². The van der Waals surface area contributed by atoms with Gasteiger partial charge >= 0.3 is 0 Å². The van der Waals surface area contributed by atoms with Crippen molar-refractivity contribution in [2.24, 2.45) is 0 Å². The van der Waals surface area contributed by atoms with Crippen LogP contribution in [0, 0.1) is 0 Å². The van der Waals surface area contributed by atoms with Crippen LogP contribution in [0.4, 0.5) is 0 Å². The average molecular weight is 129 g/mol. The highest BCUT2D eigenvalue weighted by Crippen LogP contribution is 2.44. The first-order valence-electron chi connectivity index (χ1n) is 3.26. The molecular formula is C6H11NS. The molecule has 46 valence electrons. The van der Waals surface area contributed by atoms with Crippen LogP contribution in [0.5, 0.6) is 0 Å². The molecule has 1 spiro atoms. The van der Waals surface area contributed by atoms with Gasteiger partial charge in [-0.25, -0.2) is 0 Å². The average Bonchev–Trinajstić information content (AvgIpc) is 2.07. The maximum atomic E-state index is 3.39. The molecule has 2 saturated heterocycles. The lowest BCUT2D eigenvalue weighted by molar-refractivity contribution is 0.586. The summed E-state index contributed by atoms with van der Waals surface area (Å²) in [5, 5.41) is 3.39. The Bertz CT molecular complexity index is 90.7. The Morgan fingerprint density at radius 1 is 1.38 bits per heavy atom. The predicted molar refractivity (Wildman–Crippen MR) is 37.3 cm³/mol. The SMILES string of the molecule is C1CC2(CCS2)CN1. The third-order valence-corrected chi connectivity index (χ3v) is 3.74. The number of thioether (sulfide) groups is 1. The lowest BCUT2D eigenvalue weighted by Gasteiger charge is -2.36. The highest BCUT2D eigenvalue weighted by molar-refractivity contribution is 8.02. The molecule has 2 aliphatic heterocycles. The van der Waals surface area contributed by atoms with Gasteiger partial charge < -0.3 is 5.32 Å². The molecule has 2 fully saturated rings. The van der Waals surface area contributed by atoms with Crippen molar-refractivity contribution in [1.29, 1.82) is 0 Å². The van der Waals surface area contributed by atoms with Crippen molar-refractivity contribution in [2.75, 3.05) is 18.8 Å². The van der Waals surface area contributed by atoms with E-state index >= 15 is 0 Å². The fourth-order valence-corrected chi connectivity index (χ4v) is 2.68. The Hall–Kier alpha value is 0.310. The Morgan fingerprint density at radius 2 is 2.25 bits per heavy atom. The lowest BCUT2D eigenvalue weighted by Crippen LogP contribution is -2.36. The highest BCUT2D eigenvalue weighted by Gasteiger charge is 2.39. The Morgan fingerprint density at radius 3 is 2.50 bits per heavy atom. The van der Waals surface area contributed by atoms with E-state index < -0.39 is 0 Å². The van der Waals surface area contributed by atoms with Crippen LogP contribution in [0.1, 0.15) is 12.8 Å². The summed E-state index contributed by atoms with van der Waals surface area (Å²) in [5.74, 6) is 1.40. The molecule has 0 aromatic carbocycles. The van der Waals surface area contributed by atoms with Gasteiger partial charge in [0.1, 0.15) is 0 Å². The maximum Gasteiger partial charge on any atom is 0.0304 e. The fraction of sp³-hybridized carbons (Fsp3) is 1.00. The summed E-state index contributed by atoms with van der Waals surface area (Å²) in [5.41, 5.74) is 0. The molecule has 1 nitrogen and oxygen atoms in total. The number of rotatable bonds is 0. The predicted octanol–water partition coefficient (Wildman–Crippen LogP) is 0.855. The largest absolute Gasteiger partial charge is 0.315 e. The molecule has 2 heteroatoms. The van der Waals surface area contributed by atoms with E-state index in [1.54, 1.807) is 0 Å². The van der Waals surface area contributed by atoms with E-state index in [2.05, 4.69) is 17.1 Å². The maximum absolute atomic E-state index is 3.39. The van der Waals surface area contributed by atoms with Crippen LogP contribution >= 0.6 is 11.8 Å². The minimum Gasteiger partial charge on any atom is -0.315 e. The van der Waals surface area contributed by atoms with E-state index in [0.29, 0.717) is 0 Å². The second kappa shape index (κ2) is 1.64. The Kier molecular flexibility index (Phi) is 1.05. The molecular weight excluding hydrogens is 118 g/mol. The molecule has 0 radical (unpaired) electrons. The molecule has 0 aliphatic carbocycles. The van der Waals surface area contributed by atoms with Gasteiger partial charge in [0.2, 0.25) is 0 Å². The van der Waals surface area contributed by atoms with Gasteiger partial charge in [0, 0.05) is 11.3 Å². The first kappa shape index (κ1) is 5.12. The molecule has 1 N–H and O–H groups in total. The molecule has 1 atom stereocenters. The summed E-state index contributed by atoms with van der Waals surface area (Å²) in [6, 6.07) is 0. The normalized spacial score (nSPS) is 45.0. The van der Waals surface area contributed by atoms with Gasteiger partial charge in [-0.05, 0) is 25.1 Å². The molecule has 2 aliphatic rings. The summed E-state index contributed by atoms with van der Waals surface area (Å²) in [7, 11) is 0. The highest BCUT2D eigenvalue weighted by atomic mass is 32.2. The van der Waals surface area contributed by atoms with E-state index in [9.17, 15) is 0 Å². The van der Waals surface area contributed by atoms with Crippen LogP contribution in [0.2, 0.25) is 0 Å². The van der Waals surface area contributed by atoms with Crippen molar-refractivity contribution in [3.8, 4) is 0 Å². The van der Waals surface area contributed by atoms with Crippen LogP contribution in [0.15, 0.2) is 0 Å². The summed E-state index contributed by atoms with van der Waals surface area (Å²) in [4.78, 5) is 0. The monoisotopic (exact) mass is 129 g/mol. The standard InChI is InChI=1S/C6H11NS/c1-3-7-5-6(1)2-4-8-6/h7H,1-5H2. The molecule has 0 aromatic heterocycles. The molecule has 8 heavy (non-hydrogen) atoms. The van der Waals surface area contributed by atoms with Gasteiger partial charge in [0.25, 0.3) is 0 Å². The van der Waals surface area contributed by atoms with Gasteiger partial charge in [0.05, 0.1) is 0 Å². The van der Waals surface area contributed by atoms with E-state index in [-0.39, 0.29) is 0 Å². The van der Waals surface area contributed by atoms with Crippen LogP contribution < -0.4 is 5.32 Å². The van der Waals surface area contributed by atoms with Crippen molar-refractivity contribution in [3.63, 3.8) is 0 Å². The fourth-order valence-electron chi connectivity index (χ4n) is 1.45. The van der Waals surface area contributed by atoms with Gasteiger partial charge in [0.15, 0.2) is 0 Å². The summed E-state index contributed by atoms with van der Waals surface area (Å²) < 4.78 is 0.722. The van der Waals surface area contributed by atoms with Crippen molar-refractivity contribution >= 4 is 11.8 Å². The molecule has 0 bridgehead atoms. The topological polar surface area (TPSA) is 12.0 Å². The van der Waals surface area contributed by atoms with Crippen LogP contribution in [-0.4, -0.2) is 23.6 Å². The zero-order valence-corrected chi connectivity index (χ0v) is 5.76. The second-order valence-electron chi connectivity index (χ2n) is 2.71. The number of nitrogens with one attached hydrogen (secondary N) is 1. The molecule has 0 saturated carbocycles. The molecule has 0 aromatic rings. The van der Waals surface area contributed by atoms with Gasteiger partial charge in [-0.15, -0.1) is 0 Å². The quantitative estimate of drug-likeness (QED) is 0.520. The first-order valence-corrected chi connectivity index (χ1v) is 4.25.